The van der Waals surface area contributed by atoms with E-state index in [0.29, 0.717) is 12.1 Å². The van der Waals surface area contributed by atoms with Gasteiger partial charge < -0.3 is 15.7 Å². The molecular formula is C12H18N4O3. The molecule has 0 aliphatic carbocycles. The summed E-state index contributed by atoms with van der Waals surface area (Å²) in [6, 6.07) is -0.547. The molecule has 7 heteroatoms. The van der Waals surface area contributed by atoms with Gasteiger partial charge in [-0.25, -0.2) is 9.59 Å². The lowest BCUT2D eigenvalue weighted by atomic mass is 10.00. The maximum atomic E-state index is 11.6. The number of aliphatic carboxylic acids is 1. The third-order valence-corrected chi connectivity index (χ3v) is 2.83. The second-order valence-corrected chi connectivity index (χ2v) is 4.45. The van der Waals surface area contributed by atoms with Crippen LogP contribution in [0.3, 0.4) is 0 Å². The summed E-state index contributed by atoms with van der Waals surface area (Å²) in [5.74, 6) is -1.07. The summed E-state index contributed by atoms with van der Waals surface area (Å²) in [4.78, 5) is 30.8. The fourth-order valence-corrected chi connectivity index (χ4v) is 1.27. The summed E-state index contributed by atoms with van der Waals surface area (Å²) < 4.78 is 0. The molecule has 0 bridgehead atoms. The average Bonchev–Trinajstić information content (AvgIpc) is 2.37. The minimum atomic E-state index is -1.27. The van der Waals surface area contributed by atoms with Crippen molar-refractivity contribution in [2.24, 2.45) is 0 Å². The standard InChI is InChI=1S/C12H18N4O3/c1-4-12(3,10(17)18)16-11(19)15-7-9-6-13-8(2)5-14-9/h5-6H,4,7H2,1-3H3,(H,17,18)(H2,15,16,19). The second-order valence-electron chi connectivity index (χ2n) is 4.45. The van der Waals surface area contributed by atoms with Crippen LogP contribution in [-0.4, -0.2) is 32.6 Å². The Hall–Kier alpha value is -2.18. The molecule has 0 aliphatic rings. The number of aromatic nitrogens is 2. The minimum Gasteiger partial charge on any atom is -0.480 e. The fraction of sp³-hybridized carbons (Fsp3) is 0.500. The van der Waals surface area contributed by atoms with Crippen molar-refractivity contribution in [3.63, 3.8) is 0 Å². The average molecular weight is 266 g/mol. The minimum absolute atomic E-state index is 0.193. The van der Waals surface area contributed by atoms with Gasteiger partial charge in [-0.1, -0.05) is 6.92 Å². The van der Waals surface area contributed by atoms with Gasteiger partial charge in [0.15, 0.2) is 0 Å². The molecule has 0 aliphatic heterocycles. The molecule has 104 valence electrons. The molecule has 19 heavy (non-hydrogen) atoms. The number of carboxylic acids is 1. The van der Waals surface area contributed by atoms with Crippen molar-refractivity contribution in [1.29, 1.82) is 0 Å². The first-order valence-corrected chi connectivity index (χ1v) is 5.94. The summed E-state index contributed by atoms with van der Waals surface area (Å²) in [5.41, 5.74) is 0.121. The van der Waals surface area contributed by atoms with Gasteiger partial charge in [-0.2, -0.15) is 0 Å². The molecule has 3 N–H and O–H groups in total. The summed E-state index contributed by atoms with van der Waals surface area (Å²) in [6.45, 7) is 5.16. The van der Waals surface area contributed by atoms with Crippen LogP contribution in [0.4, 0.5) is 4.79 Å². The fourth-order valence-electron chi connectivity index (χ4n) is 1.27. The summed E-state index contributed by atoms with van der Waals surface area (Å²) in [7, 11) is 0. The predicted molar refractivity (Wildman–Crippen MR) is 68.5 cm³/mol. The quantitative estimate of drug-likeness (QED) is 0.732. The van der Waals surface area contributed by atoms with Crippen LogP contribution in [0.1, 0.15) is 31.7 Å². The van der Waals surface area contributed by atoms with E-state index < -0.39 is 17.5 Å². The van der Waals surface area contributed by atoms with Crippen molar-refractivity contribution in [2.45, 2.75) is 39.3 Å². The molecule has 0 spiro atoms. The van der Waals surface area contributed by atoms with Crippen molar-refractivity contribution in [1.82, 2.24) is 20.6 Å². The largest absolute Gasteiger partial charge is 0.480 e. The number of rotatable bonds is 5. The molecule has 7 nitrogen and oxygen atoms in total. The Morgan fingerprint density at radius 3 is 2.53 bits per heavy atom. The number of hydrogen-bond acceptors (Lipinski definition) is 4. The first-order valence-electron chi connectivity index (χ1n) is 5.94. The second kappa shape index (κ2) is 6.12. The summed E-state index contributed by atoms with van der Waals surface area (Å²) >= 11 is 0. The summed E-state index contributed by atoms with van der Waals surface area (Å²) in [5, 5.41) is 14.0. The Morgan fingerprint density at radius 1 is 1.37 bits per heavy atom. The van der Waals surface area contributed by atoms with Crippen molar-refractivity contribution in [3.8, 4) is 0 Å². The number of aryl methyl sites for hydroxylation is 1. The van der Waals surface area contributed by atoms with Gasteiger partial charge in [-0.05, 0) is 20.3 Å². The van der Waals surface area contributed by atoms with Gasteiger partial charge in [0.1, 0.15) is 5.54 Å². The molecule has 1 atom stereocenters. The van der Waals surface area contributed by atoms with E-state index >= 15 is 0 Å². The van der Waals surface area contributed by atoms with Crippen LogP contribution in [0.2, 0.25) is 0 Å². The first-order chi connectivity index (χ1) is 8.87. The molecule has 1 unspecified atom stereocenters. The van der Waals surface area contributed by atoms with E-state index in [4.69, 9.17) is 5.11 Å². The number of carbonyl (C=O) groups excluding carboxylic acids is 1. The maximum absolute atomic E-state index is 11.6. The van der Waals surface area contributed by atoms with Gasteiger partial charge in [0.05, 0.1) is 24.1 Å². The van der Waals surface area contributed by atoms with E-state index in [2.05, 4.69) is 20.6 Å². The van der Waals surface area contributed by atoms with E-state index in [1.807, 2.05) is 6.92 Å². The number of carboxylic acid groups (broad SMARTS) is 1. The topological polar surface area (TPSA) is 104 Å². The molecule has 1 aromatic rings. The molecule has 0 fully saturated rings. The van der Waals surface area contributed by atoms with Crippen LogP contribution in [0.15, 0.2) is 12.4 Å². The zero-order chi connectivity index (χ0) is 14.5. The van der Waals surface area contributed by atoms with E-state index in [1.165, 1.54) is 6.92 Å². The number of urea groups is 1. The van der Waals surface area contributed by atoms with Gasteiger partial charge >= 0.3 is 12.0 Å². The molecule has 0 saturated carbocycles. The van der Waals surface area contributed by atoms with Crippen molar-refractivity contribution in [2.75, 3.05) is 0 Å². The van der Waals surface area contributed by atoms with Crippen LogP contribution in [0, 0.1) is 6.92 Å². The Bertz CT molecular complexity index is 461. The molecule has 1 rings (SSSR count). The highest BCUT2D eigenvalue weighted by Crippen LogP contribution is 2.08. The molecular weight excluding hydrogens is 248 g/mol. The van der Waals surface area contributed by atoms with Crippen molar-refractivity contribution < 1.29 is 14.7 Å². The monoisotopic (exact) mass is 266 g/mol. The lowest BCUT2D eigenvalue weighted by molar-refractivity contribution is -0.143. The molecule has 0 radical (unpaired) electrons. The van der Waals surface area contributed by atoms with Crippen molar-refractivity contribution in [3.05, 3.63) is 23.8 Å². The Kier molecular flexibility index (Phi) is 4.80. The molecule has 0 aromatic carbocycles. The lowest BCUT2D eigenvalue weighted by Gasteiger charge is -2.24. The zero-order valence-corrected chi connectivity index (χ0v) is 11.2. The zero-order valence-electron chi connectivity index (χ0n) is 11.2. The third-order valence-electron chi connectivity index (χ3n) is 2.83. The Labute approximate surface area is 111 Å². The molecule has 1 aromatic heterocycles. The molecule has 0 saturated heterocycles. The molecule has 2 amide bonds. The van der Waals surface area contributed by atoms with Crippen LogP contribution < -0.4 is 10.6 Å². The number of amides is 2. The number of carbonyl (C=O) groups is 2. The molecule has 1 heterocycles. The SMILES string of the molecule is CCC(C)(NC(=O)NCc1cnc(C)cn1)C(=O)O. The van der Waals surface area contributed by atoms with Crippen molar-refractivity contribution >= 4 is 12.0 Å². The normalized spacial score (nSPS) is 13.4. The van der Waals surface area contributed by atoms with Gasteiger partial charge in [0.2, 0.25) is 0 Å². The van der Waals surface area contributed by atoms with Crippen LogP contribution in [0.5, 0.6) is 0 Å². The Balaban J connectivity index is 2.52. The predicted octanol–water partition coefficient (Wildman–Crippen LogP) is 0.838. The maximum Gasteiger partial charge on any atom is 0.329 e. The summed E-state index contributed by atoms with van der Waals surface area (Å²) in [6.07, 6.45) is 3.45. The van der Waals surface area contributed by atoms with E-state index in [9.17, 15) is 9.59 Å². The van der Waals surface area contributed by atoms with Gasteiger partial charge in [0.25, 0.3) is 0 Å². The number of hydrogen-bond donors (Lipinski definition) is 3. The van der Waals surface area contributed by atoms with E-state index in [1.54, 1.807) is 19.3 Å². The highest BCUT2D eigenvalue weighted by Gasteiger charge is 2.32. The van der Waals surface area contributed by atoms with Crippen LogP contribution in [-0.2, 0) is 11.3 Å². The van der Waals surface area contributed by atoms with Gasteiger partial charge in [0, 0.05) is 6.20 Å². The highest BCUT2D eigenvalue weighted by molar-refractivity contribution is 5.85. The van der Waals surface area contributed by atoms with Crippen LogP contribution in [0.25, 0.3) is 0 Å². The first kappa shape index (κ1) is 14.9. The van der Waals surface area contributed by atoms with E-state index in [-0.39, 0.29) is 6.54 Å². The number of nitrogens with zero attached hydrogens (tertiary/aromatic N) is 2. The lowest BCUT2D eigenvalue weighted by Crippen LogP contribution is -2.54. The third kappa shape index (κ3) is 4.20. The van der Waals surface area contributed by atoms with Crippen LogP contribution >= 0.6 is 0 Å². The van der Waals surface area contributed by atoms with Gasteiger partial charge in [-0.3, -0.25) is 9.97 Å². The number of nitrogens with one attached hydrogen (secondary N) is 2. The van der Waals surface area contributed by atoms with Gasteiger partial charge in [-0.15, -0.1) is 0 Å². The smallest absolute Gasteiger partial charge is 0.329 e. The Morgan fingerprint density at radius 2 is 2.05 bits per heavy atom. The highest BCUT2D eigenvalue weighted by atomic mass is 16.4. The van der Waals surface area contributed by atoms with E-state index in [0.717, 1.165) is 5.69 Å².